The number of β-lactam (4-membered cyclic amide) rings is 1. The number of nitrogens with one attached hydrogen (secondary N) is 1. The molecule has 2 rings (SSSR count). The highest BCUT2D eigenvalue weighted by molar-refractivity contribution is 7.38. The molecule has 3 atom stereocenters. The lowest BCUT2D eigenvalue weighted by Crippen LogP contribution is -2.69. The molecule has 15 heteroatoms. The Kier molecular flexibility index (Phi) is 6.95. The standard InChI is InChI=1S/C14H20N5O8PS/c1-6-8(11(22)19(6)27-28(25)5-20)17-10(21)9(7-4-29-13(15)16-7)18-26-14(2,3)12(23)24/h4,6,8,20,28H,5H2,1-3H3,(H2,15,16)(H,17,21)(H,23,24)/b18-9-/t6-,8+/m1/s1. The zero-order valence-corrected chi connectivity index (χ0v) is 17.4. The number of aliphatic hydroxyl groups is 1. The maximum absolute atomic E-state index is 12.7. The highest BCUT2D eigenvalue weighted by Gasteiger charge is 2.48. The van der Waals surface area contributed by atoms with Gasteiger partial charge in [-0.05, 0) is 20.8 Å². The number of hydrogen-bond donors (Lipinski definition) is 4. The number of amides is 2. The molecule has 2 heterocycles. The van der Waals surface area contributed by atoms with E-state index in [2.05, 4.69) is 15.5 Å². The van der Waals surface area contributed by atoms with Gasteiger partial charge in [0.05, 0.1) is 6.04 Å². The van der Waals surface area contributed by atoms with Crippen LogP contribution in [0.1, 0.15) is 26.5 Å². The number of aliphatic carboxylic acids is 1. The van der Waals surface area contributed by atoms with Crippen molar-refractivity contribution in [1.29, 1.82) is 0 Å². The average molecular weight is 449 g/mol. The van der Waals surface area contributed by atoms with Gasteiger partial charge < -0.3 is 26.1 Å². The number of hydroxylamine groups is 2. The number of aromatic nitrogens is 1. The zero-order valence-electron chi connectivity index (χ0n) is 15.6. The van der Waals surface area contributed by atoms with E-state index in [0.29, 0.717) is 0 Å². The molecule has 1 fully saturated rings. The van der Waals surface area contributed by atoms with Crippen LogP contribution in [0.4, 0.5) is 5.13 Å². The molecule has 1 aromatic heterocycles. The van der Waals surface area contributed by atoms with Crippen LogP contribution < -0.4 is 11.1 Å². The van der Waals surface area contributed by atoms with Gasteiger partial charge in [0.25, 0.3) is 11.8 Å². The minimum Gasteiger partial charge on any atom is -0.478 e. The van der Waals surface area contributed by atoms with E-state index in [4.69, 9.17) is 25.4 Å². The fourth-order valence-corrected chi connectivity index (χ4v) is 3.14. The van der Waals surface area contributed by atoms with Gasteiger partial charge in [-0.1, -0.05) is 5.16 Å². The molecule has 0 spiro atoms. The third-order valence-electron chi connectivity index (χ3n) is 3.81. The first-order valence-corrected chi connectivity index (χ1v) is 10.5. The summed E-state index contributed by atoms with van der Waals surface area (Å²) in [7, 11) is -2.82. The van der Waals surface area contributed by atoms with Crippen molar-refractivity contribution in [3.05, 3.63) is 11.1 Å². The van der Waals surface area contributed by atoms with Crippen LogP contribution in [-0.4, -0.2) is 67.8 Å². The van der Waals surface area contributed by atoms with Crippen LogP contribution in [0, 0.1) is 0 Å². The van der Waals surface area contributed by atoms with Crippen molar-refractivity contribution in [3.8, 4) is 0 Å². The van der Waals surface area contributed by atoms with Gasteiger partial charge in [-0.25, -0.2) is 19.5 Å². The fraction of sp³-hybridized carbons (Fsp3) is 0.500. The Balaban J connectivity index is 2.18. The highest BCUT2D eigenvalue weighted by atomic mass is 32.1. The number of carboxylic acids is 1. The van der Waals surface area contributed by atoms with Crippen LogP contribution in [0.2, 0.25) is 0 Å². The molecule has 13 nitrogen and oxygen atoms in total. The molecule has 1 aromatic rings. The summed E-state index contributed by atoms with van der Waals surface area (Å²) < 4.78 is 16.1. The van der Waals surface area contributed by atoms with Crippen LogP contribution in [0.25, 0.3) is 0 Å². The number of carbonyl (C=O) groups is 3. The summed E-state index contributed by atoms with van der Waals surface area (Å²) in [6, 6.07) is -1.70. The predicted molar refractivity (Wildman–Crippen MR) is 101 cm³/mol. The molecule has 1 unspecified atom stereocenters. The lowest BCUT2D eigenvalue weighted by Gasteiger charge is -2.43. The van der Waals surface area contributed by atoms with E-state index in [1.165, 1.54) is 26.2 Å². The van der Waals surface area contributed by atoms with Crippen LogP contribution in [0.15, 0.2) is 10.5 Å². The van der Waals surface area contributed by atoms with Crippen molar-refractivity contribution in [2.45, 2.75) is 38.5 Å². The van der Waals surface area contributed by atoms with Gasteiger partial charge >= 0.3 is 5.97 Å². The molecule has 1 aliphatic rings. The summed E-state index contributed by atoms with van der Waals surface area (Å²) in [6.45, 7) is 4.00. The Hall–Kier alpha value is -2.54. The lowest BCUT2D eigenvalue weighted by molar-refractivity contribution is -0.194. The topological polar surface area (TPSA) is 194 Å². The third-order valence-corrected chi connectivity index (χ3v) is 5.14. The first-order chi connectivity index (χ1) is 13.5. The second-order valence-corrected chi connectivity index (χ2v) is 8.53. The van der Waals surface area contributed by atoms with E-state index in [9.17, 15) is 18.9 Å². The molecular formula is C14H20N5O8PS. The number of nitrogen functional groups attached to an aromatic ring is 1. The van der Waals surface area contributed by atoms with E-state index >= 15 is 0 Å². The SMILES string of the molecule is C[C@@H]1[C@H](NC(=O)/C(=N\OC(C)(C)C(=O)O)c2csc(N)n2)C(=O)N1O[PH](=O)CO. The molecule has 0 aliphatic carbocycles. The number of rotatable bonds is 9. The highest BCUT2D eigenvalue weighted by Crippen LogP contribution is 2.30. The zero-order chi connectivity index (χ0) is 21.9. The van der Waals surface area contributed by atoms with Crippen molar-refractivity contribution in [2.24, 2.45) is 5.16 Å². The maximum Gasteiger partial charge on any atom is 0.350 e. The molecular weight excluding hydrogens is 429 g/mol. The number of nitrogens with two attached hydrogens (primary N) is 1. The monoisotopic (exact) mass is 449 g/mol. The lowest BCUT2D eigenvalue weighted by atomic mass is 10.00. The summed E-state index contributed by atoms with van der Waals surface area (Å²) in [5.41, 5.74) is 3.49. The molecule has 1 saturated heterocycles. The average Bonchev–Trinajstić information content (AvgIpc) is 3.09. The van der Waals surface area contributed by atoms with Gasteiger partial charge in [0.15, 0.2) is 10.8 Å². The van der Waals surface area contributed by atoms with Crippen molar-refractivity contribution in [3.63, 3.8) is 0 Å². The second kappa shape index (κ2) is 8.86. The number of carbonyl (C=O) groups excluding carboxylic acids is 2. The molecule has 160 valence electrons. The van der Waals surface area contributed by atoms with Crippen molar-refractivity contribution >= 4 is 48.0 Å². The molecule has 29 heavy (non-hydrogen) atoms. The normalized spacial score (nSPS) is 20.8. The first kappa shape index (κ1) is 22.7. The minimum absolute atomic E-state index is 0.0315. The largest absolute Gasteiger partial charge is 0.478 e. The van der Waals surface area contributed by atoms with Gasteiger partial charge in [-0.15, -0.1) is 11.3 Å². The Labute approximate surface area is 169 Å². The smallest absolute Gasteiger partial charge is 0.350 e. The second-order valence-electron chi connectivity index (χ2n) is 6.39. The molecule has 0 radical (unpaired) electrons. The van der Waals surface area contributed by atoms with Crippen LogP contribution in [-0.2, 0) is 28.4 Å². The molecule has 5 N–H and O–H groups in total. The number of oxime groups is 1. The van der Waals surface area contributed by atoms with Crippen LogP contribution in [0.3, 0.4) is 0 Å². The van der Waals surface area contributed by atoms with Crippen molar-refractivity contribution in [2.75, 3.05) is 12.1 Å². The summed E-state index contributed by atoms with van der Waals surface area (Å²) in [5, 5.41) is 26.3. The maximum atomic E-state index is 12.7. The number of anilines is 1. The number of carboxylic acid groups (broad SMARTS) is 1. The minimum atomic E-state index is -2.82. The van der Waals surface area contributed by atoms with E-state index in [-0.39, 0.29) is 16.5 Å². The van der Waals surface area contributed by atoms with Crippen molar-refractivity contribution < 1.29 is 38.6 Å². The van der Waals surface area contributed by atoms with Gasteiger partial charge in [0.1, 0.15) is 18.1 Å². The molecule has 0 saturated carbocycles. The van der Waals surface area contributed by atoms with Gasteiger partial charge in [0.2, 0.25) is 13.6 Å². The Morgan fingerprint density at radius 3 is 2.66 bits per heavy atom. The predicted octanol–water partition coefficient (Wildman–Crippen LogP) is -0.619. The Bertz CT molecular complexity index is 872. The summed E-state index contributed by atoms with van der Waals surface area (Å²) >= 11 is 1.02. The van der Waals surface area contributed by atoms with Gasteiger partial charge in [0, 0.05) is 5.38 Å². The molecule has 1 aliphatic heterocycles. The van der Waals surface area contributed by atoms with Crippen LogP contribution >= 0.6 is 19.4 Å². The van der Waals surface area contributed by atoms with E-state index < -0.39 is 49.8 Å². The van der Waals surface area contributed by atoms with E-state index in [1.807, 2.05) is 0 Å². The fourth-order valence-electron chi connectivity index (χ4n) is 2.06. The summed E-state index contributed by atoms with van der Waals surface area (Å²) in [6.07, 6.45) is -0.725. The quantitative estimate of drug-likeness (QED) is 0.163. The number of aliphatic hydroxyl groups excluding tert-OH is 1. The van der Waals surface area contributed by atoms with E-state index in [0.717, 1.165) is 16.4 Å². The Morgan fingerprint density at radius 2 is 2.17 bits per heavy atom. The molecule has 0 bridgehead atoms. The molecule has 2 amide bonds. The summed E-state index contributed by atoms with van der Waals surface area (Å²) in [4.78, 5) is 44.9. The number of hydrogen-bond acceptors (Lipinski definition) is 11. The summed E-state index contributed by atoms with van der Waals surface area (Å²) in [5.74, 6) is -2.86. The van der Waals surface area contributed by atoms with Gasteiger partial charge in [-0.2, -0.15) is 0 Å². The van der Waals surface area contributed by atoms with Crippen molar-refractivity contribution in [1.82, 2.24) is 15.4 Å². The first-order valence-electron chi connectivity index (χ1n) is 8.14. The number of nitrogens with zero attached hydrogens (tertiary/aromatic N) is 3. The third kappa shape index (κ3) is 5.09. The number of thiazole rings is 1. The van der Waals surface area contributed by atoms with Gasteiger partial charge in [-0.3, -0.25) is 14.2 Å². The van der Waals surface area contributed by atoms with E-state index in [1.54, 1.807) is 0 Å². The molecule has 0 aromatic carbocycles. The van der Waals surface area contributed by atoms with Crippen LogP contribution in [0.5, 0.6) is 0 Å². The Morgan fingerprint density at radius 1 is 1.52 bits per heavy atom.